The van der Waals surface area contributed by atoms with Crippen molar-refractivity contribution in [2.24, 2.45) is 0 Å². The monoisotopic (exact) mass is 326 g/mol. The minimum absolute atomic E-state index is 0.196. The van der Waals surface area contributed by atoms with Gasteiger partial charge in [0.15, 0.2) is 0 Å². The summed E-state index contributed by atoms with van der Waals surface area (Å²) in [5.41, 5.74) is 1.80. The van der Waals surface area contributed by atoms with Crippen molar-refractivity contribution in [3.05, 3.63) is 29.8 Å². The lowest BCUT2D eigenvalue weighted by Gasteiger charge is -2.23. The second-order valence-corrected chi connectivity index (χ2v) is 7.36. The van der Waals surface area contributed by atoms with Crippen LogP contribution in [-0.2, 0) is 6.42 Å². The standard InChI is InChI=1S/C16H20ClFN2S/c1-2-21-15-5-3-4-13(15)20-14-10-11(18)6-7-12(14)19-16(20)8-9-17/h6-7,10,13,15H,2-5,8-9H2,1H3. The molecule has 0 N–H and O–H groups in total. The quantitative estimate of drug-likeness (QED) is 0.734. The minimum Gasteiger partial charge on any atom is -0.324 e. The summed E-state index contributed by atoms with van der Waals surface area (Å²) in [6, 6.07) is 5.29. The highest BCUT2D eigenvalue weighted by Gasteiger charge is 2.31. The number of hydrogen-bond acceptors (Lipinski definition) is 2. The van der Waals surface area contributed by atoms with Gasteiger partial charge in [0.2, 0.25) is 0 Å². The number of alkyl halides is 1. The summed E-state index contributed by atoms with van der Waals surface area (Å²) < 4.78 is 15.9. The van der Waals surface area contributed by atoms with E-state index in [1.165, 1.54) is 18.9 Å². The molecule has 0 bridgehead atoms. The zero-order chi connectivity index (χ0) is 14.8. The first-order valence-electron chi connectivity index (χ1n) is 7.58. The van der Waals surface area contributed by atoms with Crippen molar-refractivity contribution in [1.82, 2.24) is 9.55 Å². The lowest BCUT2D eigenvalue weighted by molar-refractivity contribution is 0.521. The first kappa shape index (κ1) is 15.2. The van der Waals surface area contributed by atoms with Crippen LogP contribution in [0.15, 0.2) is 18.2 Å². The zero-order valence-corrected chi connectivity index (χ0v) is 13.8. The molecule has 0 spiro atoms. The first-order chi connectivity index (χ1) is 10.2. The van der Waals surface area contributed by atoms with Gasteiger partial charge in [-0.25, -0.2) is 9.37 Å². The molecule has 21 heavy (non-hydrogen) atoms. The van der Waals surface area contributed by atoms with E-state index in [0.29, 0.717) is 17.2 Å². The van der Waals surface area contributed by atoms with Crippen molar-refractivity contribution in [3.63, 3.8) is 0 Å². The predicted molar refractivity (Wildman–Crippen MR) is 88.9 cm³/mol. The Morgan fingerprint density at radius 1 is 1.43 bits per heavy atom. The fraction of sp³-hybridized carbons (Fsp3) is 0.562. The lowest BCUT2D eigenvalue weighted by atomic mass is 10.2. The summed E-state index contributed by atoms with van der Waals surface area (Å²) in [6.45, 7) is 2.20. The minimum atomic E-state index is -0.196. The average Bonchev–Trinajstić information content (AvgIpc) is 3.03. The third kappa shape index (κ3) is 2.93. The molecule has 0 saturated heterocycles. The molecule has 1 saturated carbocycles. The fourth-order valence-corrected chi connectivity index (χ4v) is 4.77. The Bertz CT molecular complexity index is 628. The highest BCUT2D eigenvalue weighted by molar-refractivity contribution is 7.99. The van der Waals surface area contributed by atoms with Gasteiger partial charge < -0.3 is 4.57 Å². The zero-order valence-electron chi connectivity index (χ0n) is 12.2. The van der Waals surface area contributed by atoms with Gasteiger partial charge in [0.1, 0.15) is 11.6 Å². The number of aryl methyl sites for hydroxylation is 1. The summed E-state index contributed by atoms with van der Waals surface area (Å²) in [5.74, 6) is 2.47. The van der Waals surface area contributed by atoms with Gasteiger partial charge in [-0.15, -0.1) is 11.6 Å². The van der Waals surface area contributed by atoms with Gasteiger partial charge in [-0.2, -0.15) is 11.8 Å². The number of halogens is 2. The molecule has 1 aliphatic carbocycles. The molecule has 0 aliphatic heterocycles. The molecule has 2 unspecified atom stereocenters. The summed E-state index contributed by atoms with van der Waals surface area (Å²) in [4.78, 5) is 4.69. The third-order valence-corrected chi connectivity index (χ3v) is 5.67. The van der Waals surface area contributed by atoms with Crippen LogP contribution >= 0.6 is 23.4 Å². The SMILES string of the molecule is CCSC1CCCC1n1c(CCCl)nc2ccc(F)cc21. The van der Waals surface area contributed by atoms with Gasteiger partial charge in [-0.1, -0.05) is 13.3 Å². The molecule has 2 atom stereocenters. The number of thioether (sulfide) groups is 1. The van der Waals surface area contributed by atoms with Crippen LogP contribution in [0, 0.1) is 5.82 Å². The molecule has 5 heteroatoms. The van der Waals surface area contributed by atoms with Crippen LogP contribution in [-0.4, -0.2) is 26.4 Å². The molecule has 2 aromatic rings. The largest absolute Gasteiger partial charge is 0.324 e. The second-order valence-electron chi connectivity index (χ2n) is 5.46. The van der Waals surface area contributed by atoms with E-state index in [0.717, 1.165) is 35.5 Å². The van der Waals surface area contributed by atoms with Crippen molar-refractivity contribution in [1.29, 1.82) is 0 Å². The number of benzene rings is 1. The van der Waals surface area contributed by atoms with Crippen molar-refractivity contribution in [3.8, 4) is 0 Å². The molecule has 0 radical (unpaired) electrons. The highest BCUT2D eigenvalue weighted by atomic mass is 35.5. The van der Waals surface area contributed by atoms with E-state index in [4.69, 9.17) is 11.6 Å². The predicted octanol–water partition coefficient (Wildman–Crippen LogP) is 4.80. The fourth-order valence-electron chi connectivity index (χ4n) is 3.36. The molecule has 2 nitrogen and oxygen atoms in total. The summed E-state index contributed by atoms with van der Waals surface area (Å²) in [5, 5.41) is 0.602. The Kier molecular flexibility index (Phi) is 4.75. The number of hydrogen-bond donors (Lipinski definition) is 0. The summed E-state index contributed by atoms with van der Waals surface area (Å²) in [7, 11) is 0. The maximum Gasteiger partial charge on any atom is 0.125 e. The Hall–Kier alpha value is -0.740. The molecule has 1 heterocycles. The van der Waals surface area contributed by atoms with Crippen LogP contribution in [0.25, 0.3) is 11.0 Å². The third-order valence-electron chi connectivity index (χ3n) is 4.17. The Morgan fingerprint density at radius 2 is 2.29 bits per heavy atom. The molecular formula is C16H20ClFN2S. The normalized spacial score (nSPS) is 22.2. The van der Waals surface area contributed by atoms with Crippen LogP contribution in [0.3, 0.4) is 0 Å². The van der Waals surface area contributed by atoms with Gasteiger partial charge in [0, 0.05) is 23.6 Å². The molecule has 1 aromatic carbocycles. The van der Waals surface area contributed by atoms with E-state index in [9.17, 15) is 4.39 Å². The van der Waals surface area contributed by atoms with Gasteiger partial charge in [0.25, 0.3) is 0 Å². The van der Waals surface area contributed by atoms with Crippen LogP contribution < -0.4 is 0 Å². The summed E-state index contributed by atoms with van der Waals surface area (Å²) >= 11 is 7.95. The van der Waals surface area contributed by atoms with Crippen LogP contribution in [0.4, 0.5) is 4.39 Å². The van der Waals surface area contributed by atoms with Crippen LogP contribution in [0.2, 0.25) is 0 Å². The topological polar surface area (TPSA) is 17.8 Å². The van der Waals surface area contributed by atoms with E-state index in [1.807, 2.05) is 11.8 Å². The van der Waals surface area contributed by atoms with Gasteiger partial charge in [-0.05, 0) is 36.8 Å². The Morgan fingerprint density at radius 3 is 3.05 bits per heavy atom. The smallest absolute Gasteiger partial charge is 0.125 e. The average molecular weight is 327 g/mol. The molecule has 1 aliphatic rings. The Labute approximate surface area is 134 Å². The van der Waals surface area contributed by atoms with Crippen LogP contribution in [0.1, 0.15) is 38.1 Å². The number of aromatic nitrogens is 2. The number of rotatable bonds is 5. The van der Waals surface area contributed by atoms with Crippen molar-refractivity contribution < 1.29 is 4.39 Å². The van der Waals surface area contributed by atoms with Gasteiger partial charge >= 0.3 is 0 Å². The van der Waals surface area contributed by atoms with E-state index in [2.05, 4.69) is 16.5 Å². The number of nitrogens with zero attached hydrogens (tertiary/aromatic N) is 2. The summed E-state index contributed by atoms with van der Waals surface area (Å²) in [6.07, 6.45) is 4.35. The molecule has 1 aromatic heterocycles. The van der Waals surface area contributed by atoms with Gasteiger partial charge in [0.05, 0.1) is 11.0 Å². The highest BCUT2D eigenvalue weighted by Crippen LogP contribution is 2.40. The van der Waals surface area contributed by atoms with Crippen molar-refractivity contribution >= 4 is 34.4 Å². The molecule has 0 amide bonds. The molecule has 114 valence electrons. The van der Waals surface area contributed by atoms with Gasteiger partial charge in [-0.3, -0.25) is 0 Å². The number of fused-ring (bicyclic) bond motifs is 1. The van der Waals surface area contributed by atoms with Crippen LogP contribution in [0.5, 0.6) is 0 Å². The van der Waals surface area contributed by atoms with E-state index in [-0.39, 0.29) is 5.82 Å². The molecule has 3 rings (SSSR count). The molecular weight excluding hydrogens is 307 g/mol. The van der Waals surface area contributed by atoms with Crippen molar-refractivity contribution in [2.75, 3.05) is 11.6 Å². The number of imidazole rings is 1. The Balaban J connectivity index is 2.09. The van der Waals surface area contributed by atoms with E-state index in [1.54, 1.807) is 12.1 Å². The van der Waals surface area contributed by atoms with Crippen molar-refractivity contribution in [2.45, 2.75) is 43.9 Å². The second kappa shape index (κ2) is 6.57. The maximum absolute atomic E-state index is 13.7. The van der Waals surface area contributed by atoms with E-state index >= 15 is 0 Å². The lowest BCUT2D eigenvalue weighted by Crippen LogP contribution is -2.19. The maximum atomic E-state index is 13.7. The first-order valence-corrected chi connectivity index (χ1v) is 9.17. The van der Waals surface area contributed by atoms with E-state index < -0.39 is 0 Å². The molecule has 1 fully saturated rings.